The van der Waals surface area contributed by atoms with Crippen LogP contribution in [0.3, 0.4) is 0 Å². The van der Waals surface area contributed by atoms with Crippen LogP contribution >= 0.6 is 0 Å². The van der Waals surface area contributed by atoms with E-state index >= 15 is 0 Å². The molecular weight excluding hydrogens is 714 g/mol. The Kier molecular flexibility index (Phi) is 16.7. The van der Waals surface area contributed by atoms with Gasteiger partial charge >= 0.3 is 17.6 Å². The molecule has 0 aliphatic heterocycles. The van der Waals surface area contributed by atoms with Gasteiger partial charge in [0.05, 0.1) is 15.8 Å². The van der Waals surface area contributed by atoms with Gasteiger partial charge in [-0.05, 0) is 121 Å². The Morgan fingerprint density at radius 2 is 1.29 bits per heavy atom. The van der Waals surface area contributed by atoms with E-state index in [1.165, 1.54) is 12.1 Å². The van der Waals surface area contributed by atoms with Crippen molar-refractivity contribution >= 4 is 40.6 Å². The summed E-state index contributed by atoms with van der Waals surface area (Å²) in [5.74, 6) is -1.15. The minimum absolute atomic E-state index is 0.0180. The number of benzene rings is 2. The van der Waals surface area contributed by atoms with Crippen molar-refractivity contribution in [2.24, 2.45) is 38.9 Å². The maximum atomic E-state index is 13.9. The number of nitrogens with zero attached hydrogens (tertiary/aromatic N) is 3. The Labute approximate surface area is 331 Å². The van der Waals surface area contributed by atoms with Crippen molar-refractivity contribution in [2.75, 3.05) is 0 Å². The normalized spacial score (nSPS) is 14.5. The molecule has 0 amide bonds. The maximum Gasteiger partial charge on any atom is 0.340 e. The number of rotatable bonds is 18. The maximum absolute atomic E-state index is 13.9. The van der Waals surface area contributed by atoms with Gasteiger partial charge in [0.25, 0.3) is 0 Å². The molecule has 0 heterocycles. The van der Waals surface area contributed by atoms with Crippen molar-refractivity contribution in [3.63, 3.8) is 0 Å². The third kappa shape index (κ3) is 14.1. The Morgan fingerprint density at radius 3 is 1.82 bits per heavy atom. The molecule has 306 valence electrons. The van der Waals surface area contributed by atoms with Crippen molar-refractivity contribution in [1.82, 2.24) is 0 Å². The molecule has 0 unspecified atom stereocenters. The largest absolute Gasteiger partial charge is 0.450 e. The van der Waals surface area contributed by atoms with E-state index in [4.69, 9.17) is 14.4 Å². The Bertz CT molecular complexity index is 1790. The molecule has 12 heteroatoms. The predicted octanol–water partition coefficient (Wildman–Crippen LogP) is 11.0. The van der Waals surface area contributed by atoms with Crippen molar-refractivity contribution in [3.05, 3.63) is 63.2 Å². The van der Waals surface area contributed by atoms with Gasteiger partial charge in [0.2, 0.25) is 17.3 Å². The highest BCUT2D eigenvalue weighted by Gasteiger charge is 2.29. The second-order valence-corrected chi connectivity index (χ2v) is 17.8. The van der Waals surface area contributed by atoms with Gasteiger partial charge in [-0.2, -0.15) is 0 Å². The third-order valence-electron chi connectivity index (χ3n) is 9.47. The smallest absolute Gasteiger partial charge is 0.340 e. The van der Waals surface area contributed by atoms with Crippen LogP contribution in [-0.4, -0.2) is 39.9 Å². The van der Waals surface area contributed by atoms with E-state index < -0.39 is 44.9 Å². The molecular formula is C44H61N3O9. The molecule has 56 heavy (non-hydrogen) atoms. The number of ether oxygens (including phenoxy) is 1. The summed E-state index contributed by atoms with van der Waals surface area (Å²) in [6, 6.07) is 8.84. The summed E-state index contributed by atoms with van der Waals surface area (Å²) in [6.45, 7) is 18.3. The molecule has 0 atom stereocenters. The fraction of sp³-hybridized carbons (Fsp3) is 0.591. The van der Waals surface area contributed by atoms with E-state index in [0.29, 0.717) is 29.2 Å². The summed E-state index contributed by atoms with van der Waals surface area (Å²) in [6.07, 6.45) is 8.78. The number of hydrogen-bond acceptors (Lipinski definition) is 11. The SMILES string of the molecule is CC(C)CCCCc1cc(C(=O)/C(CC(C)C)=N/OC(=O)C(C)(C)C)ccc1Oc1ccc(C(=O)/C(CC2CCCCC2)=N/OC(=O)C(C)(C)C)cc1[N+](=O)[O-]. The Hall–Kier alpha value is -4.74. The van der Waals surface area contributed by atoms with E-state index in [9.17, 15) is 29.3 Å². The quantitative estimate of drug-likeness (QED) is 0.0358. The van der Waals surface area contributed by atoms with Gasteiger partial charge in [-0.1, -0.05) is 83.0 Å². The molecule has 0 aromatic heterocycles. The van der Waals surface area contributed by atoms with E-state index in [1.54, 1.807) is 59.7 Å². The molecule has 1 aliphatic carbocycles. The lowest BCUT2D eigenvalue weighted by Gasteiger charge is -2.22. The lowest BCUT2D eigenvalue weighted by atomic mass is 9.84. The number of Topliss-reactive ketones (excluding diaryl/α,β-unsaturated/α-hetero) is 2. The molecule has 1 fully saturated rings. The zero-order chi connectivity index (χ0) is 41.8. The van der Waals surface area contributed by atoms with Crippen LogP contribution in [0.4, 0.5) is 5.69 Å². The highest BCUT2D eigenvalue weighted by molar-refractivity contribution is 6.46. The van der Waals surface area contributed by atoms with E-state index in [-0.39, 0.29) is 47.4 Å². The van der Waals surface area contributed by atoms with E-state index in [1.807, 2.05) is 13.8 Å². The Balaban J connectivity index is 2.01. The summed E-state index contributed by atoms with van der Waals surface area (Å²) >= 11 is 0. The van der Waals surface area contributed by atoms with Gasteiger partial charge in [0, 0.05) is 17.2 Å². The number of unbranched alkanes of at least 4 members (excludes halogenated alkanes) is 1. The van der Waals surface area contributed by atoms with Crippen molar-refractivity contribution in [2.45, 2.75) is 140 Å². The molecule has 0 radical (unpaired) electrons. The fourth-order valence-corrected chi connectivity index (χ4v) is 6.08. The first kappa shape index (κ1) is 45.6. The molecule has 0 saturated heterocycles. The minimum atomic E-state index is -0.843. The first-order valence-corrected chi connectivity index (χ1v) is 19.9. The molecule has 0 spiro atoms. The number of nitro benzene ring substituents is 1. The topological polar surface area (TPSA) is 164 Å². The minimum Gasteiger partial charge on any atom is -0.450 e. The van der Waals surface area contributed by atoms with Crippen LogP contribution in [0.1, 0.15) is 160 Å². The number of nitro groups is 1. The third-order valence-corrected chi connectivity index (χ3v) is 9.47. The van der Waals surface area contributed by atoms with Crippen molar-refractivity contribution in [1.29, 1.82) is 0 Å². The molecule has 1 saturated carbocycles. The molecule has 2 aromatic carbocycles. The van der Waals surface area contributed by atoms with Crippen LogP contribution in [-0.2, 0) is 25.7 Å². The lowest BCUT2D eigenvalue weighted by Crippen LogP contribution is -2.24. The van der Waals surface area contributed by atoms with E-state index in [0.717, 1.165) is 57.4 Å². The van der Waals surface area contributed by atoms with Crippen LogP contribution in [0.25, 0.3) is 0 Å². The first-order chi connectivity index (χ1) is 26.2. The molecule has 1 aliphatic rings. The second kappa shape index (κ2) is 20.4. The summed E-state index contributed by atoms with van der Waals surface area (Å²) < 4.78 is 6.23. The molecule has 2 aromatic rings. The van der Waals surface area contributed by atoms with Crippen LogP contribution in [0.5, 0.6) is 11.5 Å². The first-order valence-electron chi connectivity index (χ1n) is 19.9. The number of carbonyl (C=O) groups excluding carboxylic acids is 4. The highest BCUT2D eigenvalue weighted by Crippen LogP contribution is 2.36. The molecule has 0 bridgehead atoms. The van der Waals surface area contributed by atoms with Crippen LogP contribution in [0, 0.1) is 38.7 Å². The zero-order valence-electron chi connectivity index (χ0n) is 35.0. The monoisotopic (exact) mass is 775 g/mol. The molecule has 12 nitrogen and oxygen atoms in total. The number of oxime groups is 2. The summed E-state index contributed by atoms with van der Waals surface area (Å²) in [7, 11) is 0. The molecule has 3 rings (SSSR count). The number of carbonyl (C=O) groups is 4. The Morgan fingerprint density at radius 1 is 0.750 bits per heavy atom. The summed E-state index contributed by atoms with van der Waals surface area (Å²) in [4.78, 5) is 75.0. The van der Waals surface area contributed by atoms with Gasteiger partial charge in [0.15, 0.2) is 0 Å². The van der Waals surface area contributed by atoms with Gasteiger partial charge in [-0.3, -0.25) is 19.7 Å². The van der Waals surface area contributed by atoms with Gasteiger partial charge < -0.3 is 14.4 Å². The zero-order valence-corrected chi connectivity index (χ0v) is 35.0. The summed E-state index contributed by atoms with van der Waals surface area (Å²) in [5.41, 5.74) is -0.951. The summed E-state index contributed by atoms with van der Waals surface area (Å²) in [5, 5.41) is 20.5. The van der Waals surface area contributed by atoms with E-state index in [2.05, 4.69) is 24.2 Å². The second-order valence-electron chi connectivity index (χ2n) is 17.8. The standard InChI is InChI=1S/C44H61N3O9/c1-28(2)16-14-15-19-31-26-32(39(48)34(24-29(3)4)45-55-41(50)43(5,6)7)20-22-37(31)54-38-23-21-33(27-36(38)47(52)53)40(49)35(25-30-17-12-11-13-18-30)46-56-42(51)44(8,9)10/h20-23,26-30H,11-19,24-25H2,1-10H3/b45-34+,46-35+. The number of hydrogen-bond donors (Lipinski definition) is 0. The van der Waals surface area contributed by atoms with Crippen LogP contribution < -0.4 is 4.74 Å². The van der Waals surface area contributed by atoms with Crippen molar-refractivity contribution < 1.29 is 38.5 Å². The number of aryl methyl sites for hydroxylation is 1. The fourth-order valence-electron chi connectivity index (χ4n) is 6.08. The lowest BCUT2D eigenvalue weighted by molar-refractivity contribution is -0.385. The van der Waals surface area contributed by atoms with Crippen LogP contribution in [0.15, 0.2) is 46.7 Å². The number of ketones is 2. The predicted molar refractivity (Wildman–Crippen MR) is 217 cm³/mol. The average Bonchev–Trinajstić information content (AvgIpc) is 3.12. The highest BCUT2D eigenvalue weighted by atomic mass is 16.7. The van der Waals surface area contributed by atoms with Gasteiger partial charge in [-0.15, -0.1) is 0 Å². The van der Waals surface area contributed by atoms with Gasteiger partial charge in [0.1, 0.15) is 17.2 Å². The van der Waals surface area contributed by atoms with Crippen LogP contribution in [0.2, 0.25) is 0 Å². The van der Waals surface area contributed by atoms with Gasteiger partial charge in [-0.25, -0.2) is 9.59 Å². The molecule has 0 N–H and O–H groups in total. The average molecular weight is 776 g/mol. The van der Waals surface area contributed by atoms with Crippen molar-refractivity contribution in [3.8, 4) is 11.5 Å².